The molecule has 2 aromatic carbocycles. The molecule has 0 radical (unpaired) electrons. The van der Waals surface area contributed by atoms with Crippen LogP contribution >= 0.6 is 11.6 Å². The van der Waals surface area contributed by atoms with Crippen LogP contribution in [0.25, 0.3) is 0 Å². The van der Waals surface area contributed by atoms with Gasteiger partial charge < -0.3 is 10.1 Å². The lowest BCUT2D eigenvalue weighted by Gasteiger charge is -2.15. The first-order chi connectivity index (χ1) is 12.6. The van der Waals surface area contributed by atoms with Crippen LogP contribution in [-0.2, 0) is 19.4 Å². The van der Waals surface area contributed by atoms with Crippen LogP contribution < -0.4 is 5.32 Å². The molecule has 0 saturated heterocycles. The van der Waals surface area contributed by atoms with Crippen molar-refractivity contribution in [3.8, 4) is 6.07 Å². The summed E-state index contributed by atoms with van der Waals surface area (Å²) >= 11 is 5.94. The molecule has 1 amide bonds. The topological polar surface area (TPSA) is 113 Å². The number of benzene rings is 2. The zero-order chi connectivity index (χ0) is 20.2. The third kappa shape index (κ3) is 5.06. The molecule has 0 fully saturated rings. The monoisotopic (exact) mass is 406 g/mol. The molecule has 0 aliphatic carbocycles. The summed E-state index contributed by atoms with van der Waals surface area (Å²) in [6, 6.07) is 11.9. The molecule has 0 spiro atoms. The third-order valence-corrected chi connectivity index (χ3v) is 4.98. The Morgan fingerprint density at radius 3 is 2.52 bits per heavy atom. The lowest BCUT2D eigenvalue weighted by Crippen LogP contribution is -2.30. The van der Waals surface area contributed by atoms with E-state index in [0.29, 0.717) is 0 Å². The summed E-state index contributed by atoms with van der Waals surface area (Å²) in [5.74, 6) is -1.59. The standard InChI is InChI=1S/C18H15ClN2O5S/c1-11(17(22)21-16-6-4-3-5-12(16)10-20)26-18(23)14-9-13(27(2,24)25)7-8-15(14)19/h3-9,11H,1-2H3,(H,21,22)/t11-/m1/s1. The van der Waals surface area contributed by atoms with Gasteiger partial charge in [0, 0.05) is 6.26 Å². The van der Waals surface area contributed by atoms with Crippen molar-refractivity contribution in [1.82, 2.24) is 0 Å². The Bertz CT molecular complexity index is 1040. The van der Waals surface area contributed by atoms with Gasteiger partial charge in [0.25, 0.3) is 5.91 Å². The van der Waals surface area contributed by atoms with Crippen molar-refractivity contribution in [1.29, 1.82) is 5.26 Å². The number of carbonyl (C=O) groups is 2. The minimum absolute atomic E-state index is 0.00478. The average molecular weight is 407 g/mol. The van der Waals surface area contributed by atoms with Crippen molar-refractivity contribution < 1.29 is 22.7 Å². The molecule has 0 unspecified atom stereocenters. The van der Waals surface area contributed by atoms with Crippen LogP contribution in [0.3, 0.4) is 0 Å². The number of sulfone groups is 1. The van der Waals surface area contributed by atoms with Crippen LogP contribution in [0, 0.1) is 11.3 Å². The average Bonchev–Trinajstić information content (AvgIpc) is 2.61. The van der Waals surface area contributed by atoms with Gasteiger partial charge in [-0.15, -0.1) is 0 Å². The molecule has 7 nitrogen and oxygen atoms in total. The minimum Gasteiger partial charge on any atom is -0.449 e. The quantitative estimate of drug-likeness (QED) is 0.764. The number of carbonyl (C=O) groups excluding carboxylic acids is 2. The third-order valence-electron chi connectivity index (χ3n) is 3.54. The van der Waals surface area contributed by atoms with E-state index in [1.165, 1.54) is 31.2 Å². The van der Waals surface area contributed by atoms with Gasteiger partial charge in [-0.1, -0.05) is 23.7 Å². The highest BCUT2D eigenvalue weighted by Crippen LogP contribution is 2.22. The van der Waals surface area contributed by atoms with Crippen molar-refractivity contribution in [2.45, 2.75) is 17.9 Å². The summed E-state index contributed by atoms with van der Waals surface area (Å²) in [6.07, 6.45) is -0.212. The van der Waals surface area contributed by atoms with E-state index in [4.69, 9.17) is 21.6 Å². The molecule has 27 heavy (non-hydrogen) atoms. The fraction of sp³-hybridized carbons (Fsp3) is 0.167. The second kappa shape index (κ2) is 8.20. The van der Waals surface area contributed by atoms with Gasteiger partial charge in [0.05, 0.1) is 26.7 Å². The summed E-state index contributed by atoms with van der Waals surface area (Å²) in [6.45, 7) is 1.34. The normalized spacial score (nSPS) is 11.9. The lowest BCUT2D eigenvalue weighted by atomic mass is 10.2. The summed E-state index contributed by atoms with van der Waals surface area (Å²) in [7, 11) is -3.55. The highest BCUT2D eigenvalue weighted by Gasteiger charge is 2.22. The van der Waals surface area contributed by atoms with Gasteiger partial charge in [-0.25, -0.2) is 13.2 Å². The molecular weight excluding hydrogens is 392 g/mol. The molecule has 2 rings (SSSR count). The van der Waals surface area contributed by atoms with Crippen molar-refractivity contribution >= 4 is 39.0 Å². The maximum atomic E-state index is 12.3. The maximum Gasteiger partial charge on any atom is 0.340 e. The van der Waals surface area contributed by atoms with E-state index >= 15 is 0 Å². The Balaban J connectivity index is 2.16. The van der Waals surface area contributed by atoms with E-state index in [2.05, 4.69) is 5.32 Å². The number of rotatable bonds is 5. The van der Waals surface area contributed by atoms with Crippen molar-refractivity contribution in [2.24, 2.45) is 0 Å². The van der Waals surface area contributed by atoms with Gasteiger partial charge in [-0.3, -0.25) is 4.79 Å². The Morgan fingerprint density at radius 1 is 1.22 bits per heavy atom. The van der Waals surface area contributed by atoms with Crippen molar-refractivity contribution in [3.05, 3.63) is 58.6 Å². The van der Waals surface area contributed by atoms with Gasteiger partial charge in [0.15, 0.2) is 15.9 Å². The molecule has 0 aliphatic heterocycles. The number of hydrogen-bond acceptors (Lipinski definition) is 6. The number of amides is 1. The summed E-state index contributed by atoms with van der Waals surface area (Å²) < 4.78 is 28.3. The zero-order valence-electron chi connectivity index (χ0n) is 14.4. The summed E-state index contributed by atoms with van der Waals surface area (Å²) in [4.78, 5) is 24.4. The van der Waals surface area contributed by atoms with Crippen LogP contribution in [0.4, 0.5) is 5.69 Å². The lowest BCUT2D eigenvalue weighted by molar-refractivity contribution is -0.123. The largest absolute Gasteiger partial charge is 0.449 e. The smallest absolute Gasteiger partial charge is 0.340 e. The number of halogens is 1. The van der Waals surface area contributed by atoms with Gasteiger partial charge in [0.2, 0.25) is 0 Å². The fourth-order valence-corrected chi connectivity index (χ4v) is 2.93. The maximum absolute atomic E-state index is 12.3. The summed E-state index contributed by atoms with van der Waals surface area (Å²) in [5, 5.41) is 11.5. The number of nitrogens with zero attached hydrogens (tertiary/aromatic N) is 1. The first kappa shape index (κ1) is 20.4. The van der Waals surface area contributed by atoms with E-state index in [1.807, 2.05) is 6.07 Å². The van der Waals surface area contributed by atoms with E-state index in [0.717, 1.165) is 12.3 Å². The first-order valence-corrected chi connectivity index (χ1v) is 9.91. The van der Waals surface area contributed by atoms with Crippen molar-refractivity contribution in [3.63, 3.8) is 0 Å². The first-order valence-electron chi connectivity index (χ1n) is 7.64. The number of hydrogen-bond donors (Lipinski definition) is 1. The Hall–Kier alpha value is -2.89. The van der Waals surface area contributed by atoms with Crippen LogP contribution in [0.15, 0.2) is 47.4 Å². The zero-order valence-corrected chi connectivity index (χ0v) is 16.0. The van der Waals surface area contributed by atoms with E-state index in [1.54, 1.807) is 12.1 Å². The highest BCUT2D eigenvalue weighted by molar-refractivity contribution is 7.90. The Morgan fingerprint density at radius 2 is 1.89 bits per heavy atom. The molecule has 0 saturated carbocycles. The van der Waals surface area contributed by atoms with Gasteiger partial charge in [-0.05, 0) is 37.3 Å². The predicted octanol–water partition coefficient (Wildman–Crippen LogP) is 2.80. The van der Waals surface area contributed by atoms with Crippen LogP contribution in [-0.4, -0.2) is 32.7 Å². The van der Waals surface area contributed by atoms with Crippen molar-refractivity contribution in [2.75, 3.05) is 11.6 Å². The molecule has 0 heterocycles. The van der Waals surface area contributed by atoms with Gasteiger partial charge in [0.1, 0.15) is 6.07 Å². The summed E-state index contributed by atoms with van der Waals surface area (Å²) in [5.41, 5.74) is 0.370. The molecule has 0 aromatic heterocycles. The molecule has 140 valence electrons. The number of nitrogens with one attached hydrogen (secondary N) is 1. The van der Waals surface area contributed by atoms with E-state index < -0.39 is 27.8 Å². The molecule has 1 atom stereocenters. The Kier molecular flexibility index (Phi) is 6.20. The highest BCUT2D eigenvalue weighted by atomic mass is 35.5. The SMILES string of the molecule is C[C@@H](OC(=O)c1cc(S(C)(=O)=O)ccc1Cl)C(=O)Nc1ccccc1C#N. The molecule has 0 bridgehead atoms. The van der Waals surface area contributed by atoms with Crippen LogP contribution in [0.1, 0.15) is 22.8 Å². The molecule has 2 aromatic rings. The fourth-order valence-electron chi connectivity index (χ4n) is 2.09. The van der Waals surface area contributed by atoms with E-state index in [-0.39, 0.29) is 26.7 Å². The number of ether oxygens (including phenoxy) is 1. The van der Waals surface area contributed by atoms with Crippen LogP contribution in [0.2, 0.25) is 5.02 Å². The van der Waals surface area contributed by atoms with E-state index in [9.17, 15) is 18.0 Å². The second-order valence-electron chi connectivity index (χ2n) is 5.61. The number of nitriles is 1. The van der Waals surface area contributed by atoms with Gasteiger partial charge in [-0.2, -0.15) is 5.26 Å². The molecular formula is C18H15ClN2O5S. The van der Waals surface area contributed by atoms with Gasteiger partial charge >= 0.3 is 5.97 Å². The minimum atomic E-state index is -3.55. The number of anilines is 1. The number of para-hydroxylation sites is 1. The van der Waals surface area contributed by atoms with Crippen LogP contribution in [0.5, 0.6) is 0 Å². The molecule has 0 aliphatic rings. The molecule has 1 N–H and O–H groups in total. The number of esters is 1. The predicted molar refractivity (Wildman–Crippen MR) is 99.2 cm³/mol. The molecule has 9 heteroatoms. The second-order valence-corrected chi connectivity index (χ2v) is 8.03. The Labute approximate surface area is 161 Å².